The van der Waals surface area contributed by atoms with E-state index in [0.29, 0.717) is 12.2 Å². The lowest BCUT2D eigenvalue weighted by Crippen LogP contribution is -2.43. The van der Waals surface area contributed by atoms with E-state index < -0.39 is 18.0 Å². The molecule has 0 bridgehead atoms. The van der Waals surface area contributed by atoms with Crippen molar-refractivity contribution in [2.45, 2.75) is 12.5 Å². The third-order valence-electron chi connectivity index (χ3n) is 2.42. The number of rotatable bonds is 6. The number of aliphatic carboxylic acids is 1. The quantitative estimate of drug-likeness (QED) is 0.744. The van der Waals surface area contributed by atoms with Gasteiger partial charge in [-0.15, -0.1) is 0 Å². The molecule has 0 saturated carbocycles. The SMILES string of the molecule is CSCC[C@H](NC(=O)Nc1c(Cl)cccc1Cl)C(=O)O. The van der Waals surface area contributed by atoms with Gasteiger partial charge >= 0.3 is 12.0 Å². The highest BCUT2D eigenvalue weighted by atomic mass is 35.5. The number of anilines is 1. The van der Waals surface area contributed by atoms with Crippen LogP contribution in [0.25, 0.3) is 0 Å². The summed E-state index contributed by atoms with van der Waals surface area (Å²) in [5.41, 5.74) is 0.252. The topological polar surface area (TPSA) is 78.4 Å². The number of thioether (sulfide) groups is 1. The zero-order valence-electron chi connectivity index (χ0n) is 10.7. The molecule has 0 aromatic heterocycles. The Hall–Kier alpha value is -1.11. The van der Waals surface area contributed by atoms with E-state index in [2.05, 4.69) is 10.6 Å². The van der Waals surface area contributed by atoms with Crippen LogP contribution in [0.2, 0.25) is 10.0 Å². The number of urea groups is 1. The summed E-state index contributed by atoms with van der Waals surface area (Å²) in [5.74, 6) is -0.455. The molecule has 20 heavy (non-hydrogen) atoms. The summed E-state index contributed by atoms with van der Waals surface area (Å²) < 4.78 is 0. The molecule has 2 amide bonds. The van der Waals surface area contributed by atoms with Gasteiger partial charge in [0.05, 0.1) is 15.7 Å². The Bertz CT molecular complexity index is 479. The molecule has 0 saturated heterocycles. The van der Waals surface area contributed by atoms with Crippen LogP contribution in [0.15, 0.2) is 18.2 Å². The lowest BCUT2D eigenvalue weighted by molar-refractivity contribution is -0.139. The number of para-hydroxylation sites is 1. The summed E-state index contributed by atoms with van der Waals surface area (Å²) in [6.45, 7) is 0. The van der Waals surface area contributed by atoms with Crippen LogP contribution < -0.4 is 10.6 Å². The third kappa shape index (κ3) is 5.11. The maximum atomic E-state index is 11.8. The summed E-state index contributed by atoms with van der Waals surface area (Å²) in [6.07, 6.45) is 2.20. The summed E-state index contributed by atoms with van der Waals surface area (Å²) >= 11 is 13.3. The number of benzene rings is 1. The number of carbonyl (C=O) groups excluding carboxylic acids is 1. The van der Waals surface area contributed by atoms with Crippen molar-refractivity contribution in [2.24, 2.45) is 0 Å². The predicted molar refractivity (Wildman–Crippen MR) is 83.0 cm³/mol. The zero-order chi connectivity index (χ0) is 15.1. The number of hydrogen-bond acceptors (Lipinski definition) is 3. The number of carboxylic acids is 1. The standard InChI is InChI=1S/C12H14Cl2N2O3S/c1-20-6-5-9(11(17)18)15-12(19)16-10-7(13)3-2-4-8(10)14/h2-4,9H,5-6H2,1H3,(H,17,18)(H2,15,16,19)/t9-/m0/s1. The second-order valence-electron chi connectivity index (χ2n) is 3.87. The fraction of sp³-hybridized carbons (Fsp3) is 0.333. The largest absolute Gasteiger partial charge is 0.480 e. The van der Waals surface area contributed by atoms with E-state index in [1.54, 1.807) is 18.2 Å². The van der Waals surface area contributed by atoms with Crippen molar-refractivity contribution in [1.82, 2.24) is 5.32 Å². The highest BCUT2D eigenvalue weighted by molar-refractivity contribution is 7.98. The monoisotopic (exact) mass is 336 g/mol. The Morgan fingerprint density at radius 3 is 2.45 bits per heavy atom. The first-order chi connectivity index (χ1) is 9.45. The highest BCUT2D eigenvalue weighted by Gasteiger charge is 2.20. The Balaban J connectivity index is 2.68. The van der Waals surface area contributed by atoms with E-state index in [4.69, 9.17) is 28.3 Å². The molecule has 5 nitrogen and oxygen atoms in total. The minimum absolute atomic E-state index is 0.252. The van der Waals surface area contributed by atoms with E-state index in [9.17, 15) is 9.59 Å². The molecule has 8 heteroatoms. The van der Waals surface area contributed by atoms with Crippen LogP contribution in [0.1, 0.15) is 6.42 Å². The fourth-order valence-corrected chi connectivity index (χ4v) is 2.38. The first-order valence-corrected chi connectivity index (χ1v) is 7.84. The molecule has 1 rings (SSSR count). The fourth-order valence-electron chi connectivity index (χ4n) is 1.42. The minimum Gasteiger partial charge on any atom is -0.480 e. The van der Waals surface area contributed by atoms with Crippen molar-refractivity contribution in [3.63, 3.8) is 0 Å². The molecule has 110 valence electrons. The van der Waals surface area contributed by atoms with Gasteiger partial charge in [0.2, 0.25) is 0 Å². The Kier molecular flexibility index (Phi) is 6.98. The van der Waals surface area contributed by atoms with E-state index in [-0.39, 0.29) is 15.7 Å². The average Bonchev–Trinajstić information content (AvgIpc) is 2.38. The highest BCUT2D eigenvalue weighted by Crippen LogP contribution is 2.29. The van der Waals surface area contributed by atoms with Crippen LogP contribution in [-0.4, -0.2) is 35.2 Å². The third-order valence-corrected chi connectivity index (χ3v) is 3.69. The molecule has 0 aliphatic carbocycles. The number of hydrogen-bond donors (Lipinski definition) is 3. The van der Waals surface area contributed by atoms with Gasteiger partial charge in [-0.25, -0.2) is 9.59 Å². The molecule has 1 aromatic rings. The van der Waals surface area contributed by atoms with Crippen molar-refractivity contribution < 1.29 is 14.7 Å². The molecule has 1 aromatic carbocycles. The first kappa shape index (κ1) is 16.9. The normalized spacial score (nSPS) is 11.8. The van der Waals surface area contributed by atoms with Crippen LogP contribution in [-0.2, 0) is 4.79 Å². The molecule has 0 radical (unpaired) electrons. The van der Waals surface area contributed by atoms with Crippen LogP contribution in [0.5, 0.6) is 0 Å². The summed E-state index contributed by atoms with van der Waals surface area (Å²) in [7, 11) is 0. The van der Waals surface area contributed by atoms with Gasteiger partial charge in [-0.1, -0.05) is 29.3 Å². The van der Waals surface area contributed by atoms with Gasteiger partial charge < -0.3 is 15.7 Å². The molecule has 0 fully saturated rings. The Labute approximate surface area is 131 Å². The number of nitrogens with one attached hydrogen (secondary N) is 2. The van der Waals surface area contributed by atoms with Crippen LogP contribution >= 0.6 is 35.0 Å². The molecule has 0 spiro atoms. The van der Waals surface area contributed by atoms with E-state index in [0.717, 1.165) is 0 Å². The van der Waals surface area contributed by atoms with E-state index >= 15 is 0 Å². The van der Waals surface area contributed by atoms with Crippen molar-refractivity contribution in [3.05, 3.63) is 28.2 Å². The van der Waals surface area contributed by atoms with Gasteiger partial charge in [0.15, 0.2) is 0 Å². The number of halogens is 2. The lowest BCUT2D eigenvalue weighted by atomic mass is 10.2. The van der Waals surface area contributed by atoms with Crippen molar-refractivity contribution >= 4 is 52.7 Å². The molecule has 0 heterocycles. The van der Waals surface area contributed by atoms with Crippen molar-refractivity contribution in [2.75, 3.05) is 17.3 Å². The molecule has 3 N–H and O–H groups in total. The first-order valence-electron chi connectivity index (χ1n) is 5.69. The van der Waals surface area contributed by atoms with Crippen LogP contribution in [0.4, 0.5) is 10.5 Å². The van der Waals surface area contributed by atoms with Gasteiger partial charge in [0.1, 0.15) is 6.04 Å². The van der Waals surface area contributed by atoms with Gasteiger partial charge in [0.25, 0.3) is 0 Å². The summed E-state index contributed by atoms with van der Waals surface area (Å²) in [4.78, 5) is 22.8. The van der Waals surface area contributed by atoms with E-state index in [1.807, 2.05) is 6.26 Å². The number of carboxylic acid groups (broad SMARTS) is 1. The van der Waals surface area contributed by atoms with Crippen LogP contribution in [0, 0.1) is 0 Å². The average molecular weight is 337 g/mol. The smallest absolute Gasteiger partial charge is 0.326 e. The molecule has 0 aliphatic heterocycles. The number of amides is 2. The number of carbonyl (C=O) groups is 2. The Morgan fingerprint density at radius 2 is 1.95 bits per heavy atom. The van der Waals surface area contributed by atoms with Crippen molar-refractivity contribution in [1.29, 1.82) is 0 Å². The van der Waals surface area contributed by atoms with Crippen LogP contribution in [0.3, 0.4) is 0 Å². The molecule has 0 unspecified atom stereocenters. The molecule has 1 atom stereocenters. The molecular formula is C12H14Cl2N2O3S. The molecular weight excluding hydrogens is 323 g/mol. The van der Waals surface area contributed by atoms with Gasteiger partial charge in [-0.05, 0) is 30.6 Å². The maximum Gasteiger partial charge on any atom is 0.326 e. The zero-order valence-corrected chi connectivity index (χ0v) is 13.0. The summed E-state index contributed by atoms with van der Waals surface area (Å²) in [6, 6.07) is 3.18. The Morgan fingerprint density at radius 1 is 1.35 bits per heavy atom. The lowest BCUT2D eigenvalue weighted by Gasteiger charge is -2.15. The van der Waals surface area contributed by atoms with E-state index in [1.165, 1.54) is 11.8 Å². The second-order valence-corrected chi connectivity index (χ2v) is 5.67. The molecule has 0 aliphatic rings. The maximum absolute atomic E-state index is 11.8. The summed E-state index contributed by atoms with van der Waals surface area (Å²) in [5, 5.41) is 14.4. The predicted octanol–water partition coefficient (Wildman–Crippen LogP) is 3.32. The van der Waals surface area contributed by atoms with Gasteiger partial charge in [0, 0.05) is 0 Å². The van der Waals surface area contributed by atoms with Gasteiger partial charge in [-0.2, -0.15) is 11.8 Å². The second kappa shape index (κ2) is 8.24. The minimum atomic E-state index is -1.08. The van der Waals surface area contributed by atoms with Crippen molar-refractivity contribution in [3.8, 4) is 0 Å². The van der Waals surface area contributed by atoms with Gasteiger partial charge in [-0.3, -0.25) is 0 Å².